The number of aromatic nitrogens is 2. The van der Waals surface area contributed by atoms with Gasteiger partial charge in [0.15, 0.2) is 5.16 Å². The number of carbonyl (C=O) groups excluding carboxylic acids is 1. The molecule has 1 heterocycles. The molecule has 0 unspecified atom stereocenters. The third-order valence-electron chi connectivity index (χ3n) is 3.59. The Hall–Kier alpha value is -2.67. The molecule has 128 valence electrons. The van der Waals surface area contributed by atoms with E-state index in [1.165, 1.54) is 42.1 Å². The number of benzene rings is 2. The molecule has 2 aromatic carbocycles. The predicted octanol–water partition coefficient (Wildman–Crippen LogP) is 4.41. The number of amides is 1. The lowest BCUT2D eigenvalue weighted by Gasteiger charge is -2.11. The largest absolute Gasteiger partial charge is 0.329 e. The fourth-order valence-electron chi connectivity index (χ4n) is 2.22. The molecule has 0 atom stereocenters. The Labute approximate surface area is 147 Å². The first kappa shape index (κ1) is 17.2. The topological polar surface area (TPSA) is 46.9 Å². The minimum atomic E-state index is -0.463. The summed E-state index contributed by atoms with van der Waals surface area (Å²) >= 11 is 1.31. The summed E-state index contributed by atoms with van der Waals surface area (Å²) in [6.07, 6.45) is 3.46. The number of nitrogens with zero attached hydrogens (tertiary/aromatic N) is 2. The molecule has 4 nitrogen and oxygen atoms in total. The second kappa shape index (κ2) is 7.06. The van der Waals surface area contributed by atoms with Crippen LogP contribution in [-0.4, -0.2) is 15.5 Å². The average Bonchev–Trinajstić information content (AvgIpc) is 2.97. The number of carbonyl (C=O) groups is 1. The Kier molecular flexibility index (Phi) is 4.85. The van der Waals surface area contributed by atoms with Crippen molar-refractivity contribution in [1.29, 1.82) is 0 Å². The molecular weight excluding hydrogens is 344 g/mol. The van der Waals surface area contributed by atoms with E-state index in [9.17, 15) is 13.6 Å². The predicted molar refractivity (Wildman–Crippen MR) is 92.8 cm³/mol. The van der Waals surface area contributed by atoms with Crippen LogP contribution in [0, 0.1) is 18.6 Å². The average molecular weight is 359 g/mol. The van der Waals surface area contributed by atoms with E-state index in [4.69, 9.17) is 0 Å². The molecule has 0 bridgehead atoms. The van der Waals surface area contributed by atoms with Crippen molar-refractivity contribution in [3.05, 3.63) is 71.6 Å². The van der Waals surface area contributed by atoms with Gasteiger partial charge in [0.05, 0.1) is 5.69 Å². The fourth-order valence-corrected chi connectivity index (χ4v) is 3.09. The summed E-state index contributed by atoms with van der Waals surface area (Å²) in [5, 5.41) is 3.40. The summed E-state index contributed by atoms with van der Waals surface area (Å²) in [6, 6.07) is 8.24. The Balaban J connectivity index is 1.88. The Bertz CT molecular complexity index is 940. The van der Waals surface area contributed by atoms with E-state index in [2.05, 4.69) is 10.3 Å². The van der Waals surface area contributed by atoms with E-state index in [-0.39, 0.29) is 5.82 Å². The lowest BCUT2D eigenvalue weighted by atomic mass is 10.1. The molecule has 0 aliphatic carbocycles. The van der Waals surface area contributed by atoms with E-state index in [0.29, 0.717) is 26.9 Å². The van der Waals surface area contributed by atoms with Gasteiger partial charge in [0.1, 0.15) is 11.6 Å². The molecule has 3 aromatic rings. The molecular formula is C18H15F2N3OS. The molecule has 0 aliphatic heterocycles. The second-order valence-corrected chi connectivity index (χ2v) is 6.49. The normalized spacial score (nSPS) is 10.7. The van der Waals surface area contributed by atoms with Crippen molar-refractivity contribution in [1.82, 2.24) is 9.55 Å². The Morgan fingerprint density at radius 1 is 1.20 bits per heavy atom. The standard InChI is InChI=1S/C18H15F2N3OS/c1-11-9-12(3-5-14(11)20)17(24)22-15-10-13(19)4-6-16(15)25-18-21-7-8-23(18)2/h3-10H,1-2H3,(H,22,24). The molecule has 1 N–H and O–H groups in total. The van der Waals surface area contributed by atoms with Gasteiger partial charge in [-0.3, -0.25) is 4.79 Å². The van der Waals surface area contributed by atoms with Crippen LogP contribution < -0.4 is 5.32 Å². The molecule has 0 saturated heterocycles. The van der Waals surface area contributed by atoms with Crippen LogP contribution in [-0.2, 0) is 7.05 Å². The number of halogens is 2. The summed E-state index contributed by atoms with van der Waals surface area (Å²) in [6.45, 7) is 1.58. The molecule has 0 saturated carbocycles. The zero-order valence-corrected chi connectivity index (χ0v) is 14.4. The number of aryl methyl sites for hydroxylation is 2. The van der Waals surface area contributed by atoms with Gasteiger partial charge in [-0.05, 0) is 60.6 Å². The van der Waals surface area contributed by atoms with Crippen LogP contribution >= 0.6 is 11.8 Å². The number of hydrogen-bond acceptors (Lipinski definition) is 3. The smallest absolute Gasteiger partial charge is 0.255 e. The highest BCUT2D eigenvalue weighted by atomic mass is 32.2. The van der Waals surface area contributed by atoms with E-state index >= 15 is 0 Å². The van der Waals surface area contributed by atoms with Crippen molar-refractivity contribution < 1.29 is 13.6 Å². The molecule has 3 rings (SSSR count). The highest BCUT2D eigenvalue weighted by molar-refractivity contribution is 7.99. The first-order chi connectivity index (χ1) is 11.9. The van der Waals surface area contributed by atoms with Crippen LogP contribution in [0.2, 0.25) is 0 Å². The number of imidazole rings is 1. The van der Waals surface area contributed by atoms with Crippen LogP contribution in [0.5, 0.6) is 0 Å². The number of hydrogen-bond donors (Lipinski definition) is 1. The van der Waals surface area contributed by atoms with Gasteiger partial charge < -0.3 is 9.88 Å². The summed E-state index contributed by atoms with van der Waals surface area (Å²) in [5.74, 6) is -1.28. The van der Waals surface area contributed by atoms with Gasteiger partial charge in [0.25, 0.3) is 5.91 Å². The summed E-state index contributed by atoms with van der Waals surface area (Å²) in [7, 11) is 1.85. The van der Waals surface area contributed by atoms with Crippen molar-refractivity contribution in [2.75, 3.05) is 5.32 Å². The maximum atomic E-state index is 13.6. The van der Waals surface area contributed by atoms with Gasteiger partial charge in [-0.1, -0.05) is 0 Å². The highest BCUT2D eigenvalue weighted by Crippen LogP contribution is 2.33. The van der Waals surface area contributed by atoms with Gasteiger partial charge >= 0.3 is 0 Å². The second-order valence-electron chi connectivity index (χ2n) is 5.48. The SMILES string of the molecule is Cc1cc(C(=O)Nc2cc(F)ccc2Sc2nccn2C)ccc1F. The lowest BCUT2D eigenvalue weighted by molar-refractivity contribution is 0.102. The highest BCUT2D eigenvalue weighted by Gasteiger charge is 2.14. The monoisotopic (exact) mass is 359 g/mol. The van der Waals surface area contributed by atoms with Crippen LogP contribution in [0.4, 0.5) is 14.5 Å². The van der Waals surface area contributed by atoms with Crippen LogP contribution in [0.3, 0.4) is 0 Å². The third-order valence-corrected chi connectivity index (χ3v) is 4.74. The minimum Gasteiger partial charge on any atom is -0.329 e. The van der Waals surface area contributed by atoms with Crippen LogP contribution in [0.25, 0.3) is 0 Å². The van der Waals surface area contributed by atoms with Gasteiger partial charge in [-0.2, -0.15) is 0 Å². The molecule has 0 aliphatic rings. The Morgan fingerprint density at radius 3 is 2.68 bits per heavy atom. The molecule has 0 radical (unpaired) electrons. The van der Waals surface area contributed by atoms with Crippen molar-refractivity contribution in [3.63, 3.8) is 0 Å². The molecule has 25 heavy (non-hydrogen) atoms. The quantitative estimate of drug-likeness (QED) is 0.751. The summed E-state index contributed by atoms with van der Waals surface area (Å²) in [5.41, 5.74) is 1.01. The zero-order valence-electron chi connectivity index (χ0n) is 13.6. The Morgan fingerprint density at radius 2 is 2.00 bits per heavy atom. The summed E-state index contributed by atoms with van der Waals surface area (Å²) in [4.78, 5) is 17.3. The molecule has 0 spiro atoms. The molecule has 1 amide bonds. The molecule has 0 fully saturated rings. The summed E-state index contributed by atoms with van der Waals surface area (Å²) < 4.78 is 28.8. The van der Waals surface area contributed by atoms with Crippen molar-refractivity contribution in [2.24, 2.45) is 7.05 Å². The first-order valence-corrected chi connectivity index (χ1v) is 8.28. The number of nitrogens with one attached hydrogen (secondary N) is 1. The van der Waals surface area contributed by atoms with Crippen LogP contribution in [0.15, 0.2) is 58.8 Å². The number of anilines is 1. The zero-order chi connectivity index (χ0) is 18.0. The lowest BCUT2D eigenvalue weighted by Crippen LogP contribution is -2.13. The van der Waals surface area contributed by atoms with E-state index in [1.807, 2.05) is 11.6 Å². The minimum absolute atomic E-state index is 0.302. The third kappa shape index (κ3) is 3.88. The van der Waals surface area contributed by atoms with E-state index < -0.39 is 11.7 Å². The fraction of sp³-hybridized carbons (Fsp3) is 0.111. The molecule has 1 aromatic heterocycles. The number of rotatable bonds is 4. The van der Waals surface area contributed by atoms with E-state index in [1.54, 1.807) is 25.4 Å². The van der Waals surface area contributed by atoms with Crippen LogP contribution in [0.1, 0.15) is 15.9 Å². The maximum absolute atomic E-state index is 13.6. The maximum Gasteiger partial charge on any atom is 0.255 e. The van der Waals surface area contributed by atoms with Crippen molar-refractivity contribution in [3.8, 4) is 0 Å². The van der Waals surface area contributed by atoms with Gasteiger partial charge in [-0.15, -0.1) is 0 Å². The first-order valence-electron chi connectivity index (χ1n) is 7.46. The van der Waals surface area contributed by atoms with Gasteiger partial charge in [-0.25, -0.2) is 13.8 Å². The van der Waals surface area contributed by atoms with Gasteiger partial charge in [0.2, 0.25) is 0 Å². The van der Waals surface area contributed by atoms with Crippen molar-refractivity contribution >= 4 is 23.4 Å². The molecule has 7 heteroatoms. The van der Waals surface area contributed by atoms with E-state index in [0.717, 1.165) is 0 Å². The van der Waals surface area contributed by atoms with Crippen molar-refractivity contribution in [2.45, 2.75) is 17.0 Å². The van der Waals surface area contributed by atoms with Gasteiger partial charge in [0, 0.05) is 29.9 Å².